The van der Waals surface area contributed by atoms with Crippen LogP contribution >= 0.6 is 0 Å². The van der Waals surface area contributed by atoms with Gasteiger partial charge in [-0.3, -0.25) is 9.58 Å². The van der Waals surface area contributed by atoms with Crippen LogP contribution in [0, 0.1) is 5.92 Å². The fourth-order valence-corrected chi connectivity index (χ4v) is 3.48. The van der Waals surface area contributed by atoms with Gasteiger partial charge in [-0.05, 0) is 44.7 Å². The molecule has 114 valence electrons. The van der Waals surface area contributed by atoms with Gasteiger partial charge in [0.15, 0.2) is 0 Å². The van der Waals surface area contributed by atoms with E-state index in [0.717, 1.165) is 32.6 Å². The Morgan fingerprint density at radius 2 is 2.19 bits per heavy atom. The Balaban J connectivity index is 1.78. The minimum atomic E-state index is 0.311. The first kappa shape index (κ1) is 14.5. The van der Waals surface area contributed by atoms with Crippen molar-refractivity contribution in [1.82, 2.24) is 14.7 Å². The predicted octanol–water partition coefficient (Wildman–Crippen LogP) is 2.65. The van der Waals surface area contributed by atoms with Gasteiger partial charge in [0.1, 0.15) is 0 Å². The molecule has 1 aliphatic heterocycles. The molecule has 1 unspecified atom stereocenters. The first-order valence-corrected chi connectivity index (χ1v) is 8.09. The van der Waals surface area contributed by atoms with Crippen LogP contribution in [0.1, 0.15) is 31.9 Å². The van der Waals surface area contributed by atoms with E-state index in [9.17, 15) is 0 Å². The minimum absolute atomic E-state index is 0.311. The average Bonchev–Trinajstić information content (AvgIpc) is 2.86. The molecule has 2 heterocycles. The molecule has 0 aliphatic carbocycles. The molecule has 0 radical (unpaired) electrons. The number of aliphatic hydroxyl groups excluding tert-OH is 1. The van der Waals surface area contributed by atoms with E-state index in [2.05, 4.69) is 40.8 Å². The maximum atomic E-state index is 9.14. The van der Waals surface area contributed by atoms with Crippen molar-refractivity contribution in [1.29, 1.82) is 0 Å². The standard InChI is InChI=1S/C17H25N3O/c1-2-20-17-8-4-3-7-15(17)16(18-20)13-19-10-5-6-14(12-19)9-11-21/h3-4,7-8,14,21H,2,5-6,9-13H2,1H3. The molecule has 1 saturated heterocycles. The summed E-state index contributed by atoms with van der Waals surface area (Å²) in [4.78, 5) is 2.50. The third-order valence-electron chi connectivity index (χ3n) is 4.55. The smallest absolute Gasteiger partial charge is 0.0843 e. The number of aliphatic hydroxyl groups is 1. The number of benzene rings is 1. The molecule has 1 N–H and O–H groups in total. The summed E-state index contributed by atoms with van der Waals surface area (Å²) in [7, 11) is 0. The maximum absolute atomic E-state index is 9.14. The normalized spacial score (nSPS) is 20.2. The minimum Gasteiger partial charge on any atom is -0.396 e. The molecule has 2 aromatic rings. The number of para-hydroxylation sites is 1. The Morgan fingerprint density at radius 3 is 3.00 bits per heavy atom. The van der Waals surface area contributed by atoms with E-state index in [4.69, 9.17) is 10.2 Å². The van der Waals surface area contributed by atoms with Crippen LogP contribution in [0.2, 0.25) is 0 Å². The first-order valence-electron chi connectivity index (χ1n) is 8.09. The molecule has 1 aromatic carbocycles. The number of nitrogens with zero attached hydrogens (tertiary/aromatic N) is 3. The fourth-order valence-electron chi connectivity index (χ4n) is 3.48. The van der Waals surface area contributed by atoms with Gasteiger partial charge in [-0.15, -0.1) is 0 Å². The molecule has 3 rings (SSSR count). The Hall–Kier alpha value is -1.39. The van der Waals surface area contributed by atoms with E-state index in [1.165, 1.54) is 29.4 Å². The Kier molecular flexibility index (Phi) is 4.56. The first-order chi connectivity index (χ1) is 10.3. The molecule has 1 aliphatic rings. The lowest BCUT2D eigenvalue weighted by Crippen LogP contribution is -2.35. The summed E-state index contributed by atoms with van der Waals surface area (Å²) in [5, 5.41) is 15.2. The van der Waals surface area contributed by atoms with Crippen molar-refractivity contribution in [3.05, 3.63) is 30.0 Å². The van der Waals surface area contributed by atoms with Gasteiger partial charge in [-0.2, -0.15) is 5.10 Å². The molecule has 1 aromatic heterocycles. The summed E-state index contributed by atoms with van der Waals surface area (Å²) in [6.07, 6.45) is 3.42. The molecule has 1 fully saturated rings. The third kappa shape index (κ3) is 3.11. The number of likely N-dealkylation sites (tertiary alicyclic amines) is 1. The van der Waals surface area contributed by atoms with E-state index in [-0.39, 0.29) is 0 Å². The van der Waals surface area contributed by atoms with Gasteiger partial charge in [0.25, 0.3) is 0 Å². The van der Waals surface area contributed by atoms with Crippen molar-refractivity contribution in [3.8, 4) is 0 Å². The lowest BCUT2D eigenvalue weighted by atomic mass is 9.95. The largest absolute Gasteiger partial charge is 0.396 e. The van der Waals surface area contributed by atoms with Gasteiger partial charge < -0.3 is 5.11 Å². The second-order valence-corrected chi connectivity index (χ2v) is 6.04. The number of aryl methyl sites for hydroxylation is 1. The van der Waals surface area contributed by atoms with Crippen molar-refractivity contribution in [2.24, 2.45) is 5.92 Å². The summed E-state index contributed by atoms with van der Waals surface area (Å²) in [5.41, 5.74) is 2.43. The molecule has 0 spiro atoms. The van der Waals surface area contributed by atoms with E-state index < -0.39 is 0 Å². The van der Waals surface area contributed by atoms with Crippen molar-refractivity contribution in [2.45, 2.75) is 39.3 Å². The SMILES string of the molecule is CCn1nc(CN2CCCC(CCO)C2)c2ccccc21. The van der Waals surface area contributed by atoms with Crippen LogP contribution < -0.4 is 0 Å². The van der Waals surface area contributed by atoms with Crippen molar-refractivity contribution in [3.63, 3.8) is 0 Å². The number of fused-ring (bicyclic) bond motifs is 1. The van der Waals surface area contributed by atoms with Gasteiger partial charge in [-0.1, -0.05) is 18.2 Å². The maximum Gasteiger partial charge on any atom is 0.0843 e. The predicted molar refractivity (Wildman–Crippen MR) is 85.1 cm³/mol. The fraction of sp³-hybridized carbons (Fsp3) is 0.588. The zero-order valence-corrected chi connectivity index (χ0v) is 12.8. The highest BCUT2D eigenvalue weighted by Gasteiger charge is 2.21. The number of aromatic nitrogens is 2. The number of rotatable bonds is 5. The van der Waals surface area contributed by atoms with Crippen LogP contribution in [0.25, 0.3) is 10.9 Å². The Morgan fingerprint density at radius 1 is 1.33 bits per heavy atom. The highest BCUT2D eigenvalue weighted by molar-refractivity contribution is 5.81. The average molecular weight is 287 g/mol. The molecule has 21 heavy (non-hydrogen) atoms. The van der Waals surface area contributed by atoms with E-state index >= 15 is 0 Å². The van der Waals surface area contributed by atoms with Crippen LogP contribution in [0.3, 0.4) is 0 Å². The molecular formula is C17H25N3O. The van der Waals surface area contributed by atoms with Gasteiger partial charge in [0.2, 0.25) is 0 Å². The topological polar surface area (TPSA) is 41.3 Å². The summed E-state index contributed by atoms with van der Waals surface area (Å²) in [6.45, 7) is 6.53. The number of piperidine rings is 1. The highest BCUT2D eigenvalue weighted by atomic mass is 16.3. The zero-order chi connectivity index (χ0) is 14.7. The lowest BCUT2D eigenvalue weighted by molar-refractivity contribution is 0.141. The molecule has 4 heteroatoms. The summed E-state index contributed by atoms with van der Waals surface area (Å²) < 4.78 is 2.10. The van der Waals surface area contributed by atoms with E-state index in [1.807, 2.05) is 0 Å². The van der Waals surface area contributed by atoms with Crippen LogP contribution in [0.5, 0.6) is 0 Å². The zero-order valence-electron chi connectivity index (χ0n) is 12.8. The molecular weight excluding hydrogens is 262 g/mol. The monoisotopic (exact) mass is 287 g/mol. The molecule has 1 atom stereocenters. The summed E-state index contributed by atoms with van der Waals surface area (Å²) in [6, 6.07) is 8.51. The van der Waals surface area contributed by atoms with Gasteiger partial charge in [0, 0.05) is 31.6 Å². The van der Waals surface area contributed by atoms with Gasteiger partial charge in [-0.25, -0.2) is 0 Å². The van der Waals surface area contributed by atoms with Crippen molar-refractivity contribution < 1.29 is 5.11 Å². The highest BCUT2D eigenvalue weighted by Crippen LogP contribution is 2.24. The Labute approximate surface area is 126 Å². The van der Waals surface area contributed by atoms with Crippen LogP contribution in [0.15, 0.2) is 24.3 Å². The van der Waals surface area contributed by atoms with Gasteiger partial charge in [0.05, 0.1) is 11.2 Å². The summed E-state index contributed by atoms with van der Waals surface area (Å²) >= 11 is 0. The number of hydrogen-bond acceptors (Lipinski definition) is 3. The van der Waals surface area contributed by atoms with E-state index in [1.54, 1.807) is 0 Å². The molecule has 0 amide bonds. The van der Waals surface area contributed by atoms with Crippen LogP contribution in [-0.4, -0.2) is 39.5 Å². The van der Waals surface area contributed by atoms with Crippen molar-refractivity contribution in [2.75, 3.05) is 19.7 Å². The molecule has 0 bridgehead atoms. The van der Waals surface area contributed by atoms with Gasteiger partial charge >= 0.3 is 0 Å². The third-order valence-corrected chi connectivity index (χ3v) is 4.55. The van der Waals surface area contributed by atoms with E-state index in [0.29, 0.717) is 12.5 Å². The molecule has 0 saturated carbocycles. The molecule has 4 nitrogen and oxygen atoms in total. The summed E-state index contributed by atoms with van der Waals surface area (Å²) in [5.74, 6) is 0.642. The second kappa shape index (κ2) is 6.58. The van der Waals surface area contributed by atoms with Crippen molar-refractivity contribution >= 4 is 10.9 Å². The number of hydrogen-bond donors (Lipinski definition) is 1. The second-order valence-electron chi connectivity index (χ2n) is 6.04. The quantitative estimate of drug-likeness (QED) is 0.919. The van der Waals surface area contributed by atoms with Crippen LogP contribution in [-0.2, 0) is 13.1 Å². The van der Waals surface area contributed by atoms with Crippen LogP contribution in [0.4, 0.5) is 0 Å². The lowest BCUT2D eigenvalue weighted by Gasteiger charge is -2.32. The Bertz CT molecular complexity index is 591.